The molecule has 1 heterocycles. The number of carboxylic acid groups (broad SMARTS) is 2. The number of carbonyl (C=O) groups is 2. The van der Waals surface area contributed by atoms with Crippen LogP contribution in [-0.2, 0) is 20.9 Å². The minimum absolute atomic E-state index is 0.0676. The van der Waals surface area contributed by atoms with Gasteiger partial charge in [-0.2, -0.15) is 5.10 Å². The Balaban J connectivity index is 2.21. The number of nitrogens with zero attached hydrogens (tertiary/aromatic N) is 4. The summed E-state index contributed by atoms with van der Waals surface area (Å²) in [4.78, 5) is 23.3. The predicted octanol–water partition coefficient (Wildman–Crippen LogP) is -3.69. The van der Waals surface area contributed by atoms with E-state index in [0.29, 0.717) is 5.71 Å². The van der Waals surface area contributed by atoms with Gasteiger partial charge in [0.2, 0.25) is 6.54 Å². The van der Waals surface area contributed by atoms with Crippen LogP contribution < -0.4 is 15.6 Å². The molecule has 126 valence electrons. The second-order valence-corrected chi connectivity index (χ2v) is 4.09. The zero-order valence-corrected chi connectivity index (χ0v) is 12.1. The van der Waals surface area contributed by atoms with Crippen molar-refractivity contribution in [3.05, 3.63) is 6.20 Å². The van der Waals surface area contributed by atoms with Crippen molar-refractivity contribution < 1.29 is 34.3 Å². The molecule has 0 aromatic carbocycles. The highest BCUT2D eigenvalue weighted by Gasteiger charge is 2.05. The van der Waals surface area contributed by atoms with Crippen molar-refractivity contribution in [1.29, 1.82) is 0 Å². The normalized spacial score (nSPS) is 11.7. The molecule has 0 saturated heterocycles. The van der Waals surface area contributed by atoms with E-state index in [-0.39, 0.29) is 38.8 Å². The zero-order valence-electron chi connectivity index (χ0n) is 12.1. The third-order valence-corrected chi connectivity index (χ3v) is 2.23. The fraction of sp³-hybridized carbons (Fsp3) is 0.455. The Bertz CT molecular complexity index is 583. The van der Waals surface area contributed by atoms with Gasteiger partial charge in [-0.15, -0.1) is 0 Å². The second kappa shape index (κ2) is 9.83. The lowest BCUT2D eigenvalue weighted by atomic mass is 10.4. The van der Waals surface area contributed by atoms with Crippen molar-refractivity contribution in [2.45, 2.75) is 6.54 Å². The Kier molecular flexibility index (Phi) is 7.71. The number of ether oxygens (including phenoxy) is 2. The second-order valence-electron chi connectivity index (χ2n) is 4.09. The molecule has 0 amide bonds. The number of hydrogen-bond acceptors (Lipinski definition) is 8. The summed E-state index contributed by atoms with van der Waals surface area (Å²) in [6.45, 7) is -0.140. The molecule has 0 unspecified atom stereocenters. The smallest absolute Gasteiger partial charge is 0.369 e. The maximum Gasteiger partial charge on any atom is 0.369 e. The molecule has 0 aliphatic heterocycles. The van der Waals surface area contributed by atoms with Gasteiger partial charge in [0.25, 0.3) is 5.88 Å². The van der Waals surface area contributed by atoms with Gasteiger partial charge in [-0.3, -0.25) is 4.79 Å². The molecule has 12 heteroatoms. The number of hydrazone groups is 1. The van der Waals surface area contributed by atoms with Crippen LogP contribution in [0.2, 0.25) is 0 Å². The van der Waals surface area contributed by atoms with Crippen LogP contribution in [0, 0.1) is 0 Å². The lowest BCUT2D eigenvalue weighted by Crippen LogP contribution is -2.72. The summed E-state index contributed by atoms with van der Waals surface area (Å²) in [6.07, 6.45) is 2.69. The van der Waals surface area contributed by atoms with Crippen LogP contribution in [0.25, 0.3) is 0 Å². The average molecular weight is 329 g/mol. The monoisotopic (exact) mass is 329 g/mol. The zero-order chi connectivity index (χ0) is 17.1. The number of aromatic nitrogens is 3. The summed E-state index contributed by atoms with van der Waals surface area (Å²) in [5.41, 5.74) is 0.332. The molecule has 0 saturated carbocycles. The Morgan fingerprint density at radius 3 is 2.83 bits per heavy atom. The third kappa shape index (κ3) is 8.11. The Hall–Kier alpha value is -3.02. The van der Waals surface area contributed by atoms with Gasteiger partial charge in [0, 0.05) is 0 Å². The van der Waals surface area contributed by atoms with E-state index in [1.165, 1.54) is 12.4 Å². The molecule has 0 bridgehead atoms. The van der Waals surface area contributed by atoms with Gasteiger partial charge in [-0.25, -0.2) is 14.5 Å². The molecule has 5 N–H and O–H groups in total. The Labute approximate surface area is 130 Å². The maximum atomic E-state index is 10.5. The van der Waals surface area contributed by atoms with Gasteiger partial charge in [0.15, 0.2) is 6.21 Å². The first-order valence-electron chi connectivity index (χ1n) is 6.39. The molecule has 0 aliphatic carbocycles. The van der Waals surface area contributed by atoms with Crippen molar-refractivity contribution in [3.8, 4) is 5.88 Å². The van der Waals surface area contributed by atoms with Crippen LogP contribution in [0.5, 0.6) is 5.88 Å². The molecule has 1 rings (SSSR count). The van der Waals surface area contributed by atoms with E-state index in [1.54, 1.807) is 0 Å². The Morgan fingerprint density at radius 2 is 2.17 bits per heavy atom. The first kappa shape index (κ1) is 18.0. The molecule has 12 nitrogen and oxygen atoms in total. The van der Waals surface area contributed by atoms with Crippen molar-refractivity contribution in [3.63, 3.8) is 0 Å². The number of aliphatic carboxylic acids is 2. The van der Waals surface area contributed by atoms with E-state index < -0.39 is 11.9 Å². The van der Waals surface area contributed by atoms with E-state index in [1.807, 2.05) is 0 Å². The SMILES string of the molecule is N/N=C(\C=[NH+]CC(=O)O)COCCOc1cn(CC(=O)O)nn1. The molecular formula is C11H17N6O6+. The minimum atomic E-state index is -1.04. The van der Waals surface area contributed by atoms with Crippen LogP contribution in [0.1, 0.15) is 0 Å². The van der Waals surface area contributed by atoms with E-state index in [4.69, 9.17) is 25.5 Å². The fourth-order valence-electron chi connectivity index (χ4n) is 1.32. The third-order valence-electron chi connectivity index (χ3n) is 2.23. The highest BCUT2D eigenvalue weighted by atomic mass is 16.5. The minimum Gasteiger partial charge on any atom is -0.480 e. The lowest BCUT2D eigenvalue weighted by Gasteiger charge is -2.03. The van der Waals surface area contributed by atoms with Crippen LogP contribution >= 0.6 is 0 Å². The number of carboxylic acids is 2. The predicted molar refractivity (Wildman–Crippen MR) is 75.1 cm³/mol. The lowest BCUT2D eigenvalue weighted by molar-refractivity contribution is -0.439. The fourth-order valence-corrected chi connectivity index (χ4v) is 1.32. The van der Waals surface area contributed by atoms with E-state index in [2.05, 4.69) is 20.4 Å². The number of nitrogens with one attached hydrogen (secondary N) is 1. The molecular weight excluding hydrogens is 312 g/mol. The van der Waals surface area contributed by atoms with E-state index in [0.717, 1.165) is 4.68 Å². The standard InChI is InChI=1S/C11H16N6O6/c12-14-8(3-13-4-10(18)19)7-22-1-2-23-9-5-17(16-15-9)6-11(20)21/h3,5H,1-2,4,6-7,12H2,(H,18,19)(H,20,21)/p+1/b13-3?,14-8+. The average Bonchev–Trinajstić information content (AvgIpc) is 2.91. The highest BCUT2D eigenvalue weighted by molar-refractivity contribution is 6.29. The molecule has 23 heavy (non-hydrogen) atoms. The summed E-state index contributed by atoms with van der Waals surface area (Å²) < 4.78 is 11.6. The summed E-state index contributed by atoms with van der Waals surface area (Å²) in [5, 5.41) is 27.7. The van der Waals surface area contributed by atoms with Gasteiger partial charge in [0.05, 0.1) is 19.4 Å². The van der Waals surface area contributed by atoms with E-state index in [9.17, 15) is 9.59 Å². The van der Waals surface area contributed by atoms with Gasteiger partial charge >= 0.3 is 11.9 Å². The van der Waals surface area contributed by atoms with Gasteiger partial charge in [-0.1, -0.05) is 10.3 Å². The van der Waals surface area contributed by atoms with Crippen molar-refractivity contribution in [2.75, 3.05) is 26.4 Å². The molecule has 0 fully saturated rings. The topological polar surface area (TPSA) is 176 Å². The quantitative estimate of drug-likeness (QED) is 0.138. The molecule has 1 aromatic rings. The number of hydrogen-bond donors (Lipinski definition) is 4. The largest absolute Gasteiger partial charge is 0.480 e. The molecule has 0 aliphatic rings. The summed E-state index contributed by atoms with van der Waals surface area (Å²) in [7, 11) is 0. The molecule has 0 radical (unpaired) electrons. The van der Waals surface area contributed by atoms with Crippen molar-refractivity contribution in [1.82, 2.24) is 15.0 Å². The van der Waals surface area contributed by atoms with Crippen LogP contribution in [0.15, 0.2) is 11.3 Å². The summed E-state index contributed by atoms with van der Waals surface area (Å²) >= 11 is 0. The van der Waals surface area contributed by atoms with Crippen molar-refractivity contribution >= 4 is 23.9 Å². The first-order valence-corrected chi connectivity index (χ1v) is 6.39. The van der Waals surface area contributed by atoms with Gasteiger partial charge in [-0.05, 0) is 0 Å². The highest BCUT2D eigenvalue weighted by Crippen LogP contribution is 2.02. The molecule has 0 atom stereocenters. The van der Waals surface area contributed by atoms with Gasteiger partial charge < -0.3 is 25.5 Å². The molecule has 1 aromatic heterocycles. The maximum absolute atomic E-state index is 10.5. The Morgan fingerprint density at radius 1 is 1.39 bits per heavy atom. The summed E-state index contributed by atoms with van der Waals surface area (Å²) in [5.74, 6) is 3.26. The summed E-state index contributed by atoms with van der Waals surface area (Å²) in [6, 6.07) is 0. The van der Waals surface area contributed by atoms with Gasteiger partial charge in [0.1, 0.15) is 18.9 Å². The number of rotatable bonds is 11. The number of nitrogens with two attached hydrogens (primary N) is 1. The van der Waals surface area contributed by atoms with E-state index >= 15 is 0 Å². The van der Waals surface area contributed by atoms with Crippen LogP contribution in [-0.4, -0.2) is 75.4 Å². The van der Waals surface area contributed by atoms with Crippen LogP contribution in [0.3, 0.4) is 0 Å². The van der Waals surface area contributed by atoms with Crippen molar-refractivity contribution in [2.24, 2.45) is 10.9 Å². The molecule has 0 spiro atoms. The van der Waals surface area contributed by atoms with Crippen LogP contribution in [0.4, 0.5) is 0 Å². The first-order chi connectivity index (χ1) is 11.0.